The molecule has 4 heteroatoms. The van der Waals surface area contributed by atoms with Crippen LogP contribution in [0.4, 0.5) is 5.69 Å². The fourth-order valence-electron chi connectivity index (χ4n) is 1.04. The first kappa shape index (κ1) is 11.2. The predicted molar refractivity (Wildman–Crippen MR) is 56.2 cm³/mol. The Morgan fingerprint density at radius 1 is 1.40 bits per heavy atom. The standard InChI is InChI=1S/C11H11NO3/c1-2-3-8-15-9-10-4-6-11(7-5-10)12(13)14/h1,4-7H,3,8-9H2. The lowest BCUT2D eigenvalue weighted by atomic mass is 10.2. The molecule has 78 valence electrons. The Labute approximate surface area is 88.0 Å². The summed E-state index contributed by atoms with van der Waals surface area (Å²) in [5.74, 6) is 2.46. The molecule has 0 saturated carbocycles. The second-order valence-electron chi connectivity index (χ2n) is 2.93. The van der Waals surface area contributed by atoms with Crippen LogP contribution in [0, 0.1) is 22.5 Å². The normalized spacial score (nSPS) is 9.53. The largest absolute Gasteiger partial charge is 0.376 e. The SMILES string of the molecule is C#CCCOCc1ccc([N+](=O)[O-])cc1. The lowest BCUT2D eigenvalue weighted by Gasteiger charge is -2.01. The average Bonchev–Trinajstić information content (AvgIpc) is 2.25. The van der Waals surface area contributed by atoms with Gasteiger partial charge < -0.3 is 4.74 Å². The molecule has 1 aromatic carbocycles. The van der Waals surface area contributed by atoms with Crippen LogP contribution >= 0.6 is 0 Å². The van der Waals surface area contributed by atoms with Gasteiger partial charge in [-0.1, -0.05) is 0 Å². The summed E-state index contributed by atoms with van der Waals surface area (Å²) >= 11 is 0. The summed E-state index contributed by atoms with van der Waals surface area (Å²) in [7, 11) is 0. The first-order valence-corrected chi connectivity index (χ1v) is 4.48. The van der Waals surface area contributed by atoms with Gasteiger partial charge in [-0.2, -0.15) is 0 Å². The van der Waals surface area contributed by atoms with Crippen LogP contribution in [0.3, 0.4) is 0 Å². The lowest BCUT2D eigenvalue weighted by Crippen LogP contribution is -1.95. The van der Waals surface area contributed by atoms with Gasteiger partial charge in [0.25, 0.3) is 5.69 Å². The summed E-state index contributed by atoms with van der Waals surface area (Å²) in [6.07, 6.45) is 5.63. The molecule has 0 aliphatic rings. The van der Waals surface area contributed by atoms with E-state index < -0.39 is 4.92 Å². The summed E-state index contributed by atoms with van der Waals surface area (Å²) in [6.45, 7) is 0.938. The van der Waals surface area contributed by atoms with Crippen molar-refractivity contribution in [3.63, 3.8) is 0 Å². The molecule has 0 spiro atoms. The summed E-state index contributed by atoms with van der Waals surface area (Å²) in [6, 6.07) is 6.27. The average molecular weight is 205 g/mol. The number of hydrogen-bond acceptors (Lipinski definition) is 3. The zero-order chi connectivity index (χ0) is 11.1. The van der Waals surface area contributed by atoms with Gasteiger partial charge in [-0.3, -0.25) is 10.1 Å². The number of hydrogen-bond donors (Lipinski definition) is 0. The van der Waals surface area contributed by atoms with Crippen molar-refractivity contribution in [2.75, 3.05) is 6.61 Å². The third-order valence-corrected chi connectivity index (χ3v) is 1.81. The summed E-state index contributed by atoms with van der Waals surface area (Å²) in [4.78, 5) is 9.94. The highest BCUT2D eigenvalue weighted by molar-refractivity contribution is 5.32. The number of benzene rings is 1. The van der Waals surface area contributed by atoms with Crippen LogP contribution in [0.25, 0.3) is 0 Å². The van der Waals surface area contributed by atoms with E-state index in [1.165, 1.54) is 12.1 Å². The summed E-state index contributed by atoms with van der Waals surface area (Å²) in [5, 5.41) is 10.4. The molecule has 0 amide bonds. The molecule has 0 fully saturated rings. The zero-order valence-electron chi connectivity index (χ0n) is 8.18. The maximum atomic E-state index is 10.4. The summed E-state index contributed by atoms with van der Waals surface area (Å²) < 4.78 is 5.25. The third kappa shape index (κ3) is 3.79. The van der Waals surface area contributed by atoms with E-state index in [-0.39, 0.29) is 5.69 Å². The number of ether oxygens (including phenoxy) is 1. The van der Waals surface area contributed by atoms with Crippen molar-refractivity contribution in [3.05, 3.63) is 39.9 Å². The molecule has 0 unspecified atom stereocenters. The first-order valence-electron chi connectivity index (χ1n) is 4.48. The number of nitrogens with zero attached hydrogens (tertiary/aromatic N) is 1. The first-order chi connectivity index (χ1) is 7.24. The van der Waals surface area contributed by atoms with Crippen molar-refractivity contribution < 1.29 is 9.66 Å². The third-order valence-electron chi connectivity index (χ3n) is 1.81. The molecule has 0 saturated heterocycles. The Bertz CT molecular complexity index is 364. The molecular weight excluding hydrogens is 194 g/mol. The van der Waals surface area contributed by atoms with Crippen LogP contribution in [-0.4, -0.2) is 11.5 Å². The molecule has 0 aliphatic carbocycles. The smallest absolute Gasteiger partial charge is 0.269 e. The quantitative estimate of drug-likeness (QED) is 0.320. The van der Waals surface area contributed by atoms with Crippen LogP contribution < -0.4 is 0 Å². The van der Waals surface area contributed by atoms with Gasteiger partial charge in [-0.25, -0.2) is 0 Å². The van der Waals surface area contributed by atoms with Gasteiger partial charge in [0.15, 0.2) is 0 Å². The monoisotopic (exact) mass is 205 g/mol. The Hall–Kier alpha value is -1.86. The number of non-ortho nitro benzene ring substituents is 1. The van der Waals surface area contributed by atoms with Crippen molar-refractivity contribution in [2.45, 2.75) is 13.0 Å². The van der Waals surface area contributed by atoms with E-state index in [2.05, 4.69) is 5.92 Å². The number of terminal acetylenes is 1. The molecule has 0 radical (unpaired) electrons. The van der Waals surface area contributed by atoms with Gasteiger partial charge in [-0.05, 0) is 17.7 Å². The maximum absolute atomic E-state index is 10.4. The van der Waals surface area contributed by atoms with Gasteiger partial charge >= 0.3 is 0 Å². The Balaban J connectivity index is 2.43. The van der Waals surface area contributed by atoms with Crippen LogP contribution in [0.15, 0.2) is 24.3 Å². The van der Waals surface area contributed by atoms with E-state index in [0.29, 0.717) is 19.6 Å². The summed E-state index contributed by atoms with van der Waals surface area (Å²) in [5.41, 5.74) is 0.986. The molecular formula is C11H11NO3. The van der Waals surface area contributed by atoms with E-state index in [1.807, 2.05) is 0 Å². The van der Waals surface area contributed by atoms with E-state index in [0.717, 1.165) is 5.56 Å². The number of nitro benzene ring substituents is 1. The van der Waals surface area contributed by atoms with E-state index >= 15 is 0 Å². The second kappa shape index (κ2) is 5.78. The lowest BCUT2D eigenvalue weighted by molar-refractivity contribution is -0.384. The van der Waals surface area contributed by atoms with Gasteiger partial charge in [0.1, 0.15) is 0 Å². The molecule has 1 aromatic rings. The van der Waals surface area contributed by atoms with Crippen molar-refractivity contribution in [2.24, 2.45) is 0 Å². The highest BCUT2D eigenvalue weighted by atomic mass is 16.6. The molecule has 0 heterocycles. The van der Waals surface area contributed by atoms with Crippen LogP contribution in [0.5, 0.6) is 0 Å². The zero-order valence-corrected chi connectivity index (χ0v) is 8.18. The molecule has 1 rings (SSSR count). The molecule has 0 bridgehead atoms. The van der Waals surface area contributed by atoms with Gasteiger partial charge in [0, 0.05) is 18.6 Å². The topological polar surface area (TPSA) is 52.4 Å². The Morgan fingerprint density at radius 3 is 2.60 bits per heavy atom. The predicted octanol–water partition coefficient (Wildman–Crippen LogP) is 2.13. The highest BCUT2D eigenvalue weighted by Crippen LogP contribution is 2.12. The van der Waals surface area contributed by atoms with E-state index in [9.17, 15) is 10.1 Å². The molecule has 0 N–H and O–H groups in total. The molecule has 15 heavy (non-hydrogen) atoms. The Morgan fingerprint density at radius 2 is 2.07 bits per heavy atom. The van der Waals surface area contributed by atoms with Crippen molar-refractivity contribution in [3.8, 4) is 12.3 Å². The molecule has 0 aromatic heterocycles. The van der Waals surface area contributed by atoms with E-state index in [4.69, 9.17) is 11.2 Å². The van der Waals surface area contributed by atoms with Crippen LogP contribution in [-0.2, 0) is 11.3 Å². The van der Waals surface area contributed by atoms with Gasteiger partial charge in [-0.15, -0.1) is 12.3 Å². The molecule has 4 nitrogen and oxygen atoms in total. The fraction of sp³-hybridized carbons (Fsp3) is 0.273. The maximum Gasteiger partial charge on any atom is 0.269 e. The van der Waals surface area contributed by atoms with Crippen molar-refractivity contribution in [1.29, 1.82) is 0 Å². The fourth-order valence-corrected chi connectivity index (χ4v) is 1.04. The van der Waals surface area contributed by atoms with Crippen LogP contribution in [0.1, 0.15) is 12.0 Å². The minimum absolute atomic E-state index is 0.0855. The molecule has 0 aliphatic heterocycles. The Kier molecular flexibility index (Phi) is 4.32. The highest BCUT2D eigenvalue weighted by Gasteiger charge is 2.03. The molecule has 0 atom stereocenters. The van der Waals surface area contributed by atoms with Crippen molar-refractivity contribution in [1.82, 2.24) is 0 Å². The van der Waals surface area contributed by atoms with Gasteiger partial charge in [0.05, 0.1) is 18.1 Å². The minimum Gasteiger partial charge on any atom is -0.376 e. The van der Waals surface area contributed by atoms with Gasteiger partial charge in [0.2, 0.25) is 0 Å². The number of nitro groups is 1. The number of rotatable bonds is 5. The minimum atomic E-state index is -0.428. The van der Waals surface area contributed by atoms with E-state index in [1.54, 1.807) is 12.1 Å². The second-order valence-corrected chi connectivity index (χ2v) is 2.93. The van der Waals surface area contributed by atoms with Crippen LogP contribution in [0.2, 0.25) is 0 Å². The van der Waals surface area contributed by atoms with Crippen molar-refractivity contribution >= 4 is 5.69 Å².